The van der Waals surface area contributed by atoms with Gasteiger partial charge in [-0.3, -0.25) is 4.90 Å². The minimum Gasteiger partial charge on any atom is -0.390 e. The highest BCUT2D eigenvalue weighted by atomic mass is 19.1. The Kier molecular flexibility index (Phi) is 2.88. The van der Waals surface area contributed by atoms with Crippen molar-refractivity contribution in [2.45, 2.75) is 37.7 Å². The Hall–Kier alpha value is -0.410. The first-order chi connectivity index (χ1) is 6.68. The van der Waals surface area contributed by atoms with Gasteiger partial charge in [-0.15, -0.1) is 0 Å². The van der Waals surface area contributed by atoms with Crippen LogP contribution in [0, 0.1) is 0 Å². The molecule has 0 aromatic rings. The second-order valence-corrected chi connectivity index (χ2v) is 4.54. The summed E-state index contributed by atoms with van der Waals surface area (Å²) in [6.45, 7) is 2.21. The van der Waals surface area contributed by atoms with Crippen molar-refractivity contribution in [2.75, 3.05) is 19.6 Å². The Morgan fingerprint density at radius 3 is 2.86 bits per heavy atom. The summed E-state index contributed by atoms with van der Waals surface area (Å²) < 4.78 is 12.9. The molecule has 80 valence electrons. The lowest BCUT2D eigenvalue weighted by molar-refractivity contribution is -0.0462. The van der Waals surface area contributed by atoms with E-state index in [-0.39, 0.29) is 5.83 Å². The lowest BCUT2D eigenvalue weighted by Crippen LogP contribution is -2.41. The van der Waals surface area contributed by atoms with Crippen LogP contribution in [0.1, 0.15) is 32.1 Å². The fraction of sp³-hybridized carbons (Fsp3) is 0.818. The second kappa shape index (κ2) is 3.99. The van der Waals surface area contributed by atoms with Crippen molar-refractivity contribution in [1.82, 2.24) is 4.90 Å². The van der Waals surface area contributed by atoms with E-state index in [1.807, 2.05) is 0 Å². The van der Waals surface area contributed by atoms with Crippen LogP contribution in [-0.4, -0.2) is 35.2 Å². The maximum absolute atomic E-state index is 12.9. The first kappa shape index (κ1) is 10.1. The third-order valence-electron chi connectivity index (χ3n) is 3.36. The van der Waals surface area contributed by atoms with Gasteiger partial charge in [0.05, 0.1) is 5.60 Å². The quantitative estimate of drug-likeness (QED) is 0.749. The van der Waals surface area contributed by atoms with E-state index >= 15 is 0 Å². The molecule has 1 fully saturated rings. The lowest BCUT2D eigenvalue weighted by Gasteiger charge is -2.38. The summed E-state index contributed by atoms with van der Waals surface area (Å²) in [6, 6.07) is 0. The molecule has 14 heavy (non-hydrogen) atoms. The van der Waals surface area contributed by atoms with Gasteiger partial charge in [0.25, 0.3) is 0 Å². The van der Waals surface area contributed by atoms with E-state index in [1.165, 1.54) is 0 Å². The van der Waals surface area contributed by atoms with Gasteiger partial charge in [0, 0.05) is 19.6 Å². The van der Waals surface area contributed by atoms with Crippen LogP contribution in [-0.2, 0) is 0 Å². The van der Waals surface area contributed by atoms with Gasteiger partial charge in [0.2, 0.25) is 0 Å². The predicted octanol–water partition coefficient (Wildman–Crippen LogP) is 1.85. The van der Waals surface area contributed by atoms with Crippen LogP contribution in [0.5, 0.6) is 0 Å². The maximum atomic E-state index is 12.9. The standard InChI is InChI=1S/C11H18FNO/c12-10-3-1-7-13(9-10)8-6-11(14)4-2-5-11/h3,14H,1-2,4-9H2. The van der Waals surface area contributed by atoms with Gasteiger partial charge >= 0.3 is 0 Å². The van der Waals surface area contributed by atoms with Gasteiger partial charge in [-0.1, -0.05) is 6.08 Å². The van der Waals surface area contributed by atoms with Crippen molar-refractivity contribution < 1.29 is 9.50 Å². The molecule has 1 aliphatic carbocycles. The molecule has 0 unspecified atom stereocenters. The maximum Gasteiger partial charge on any atom is 0.110 e. The van der Waals surface area contributed by atoms with Gasteiger partial charge < -0.3 is 5.11 Å². The number of rotatable bonds is 3. The average molecular weight is 199 g/mol. The molecule has 0 amide bonds. The molecule has 0 aromatic carbocycles. The fourth-order valence-electron chi connectivity index (χ4n) is 2.15. The highest BCUT2D eigenvalue weighted by molar-refractivity contribution is 4.99. The van der Waals surface area contributed by atoms with E-state index in [4.69, 9.17) is 0 Å². The Morgan fingerprint density at radius 2 is 2.29 bits per heavy atom. The summed E-state index contributed by atoms with van der Waals surface area (Å²) in [4.78, 5) is 2.09. The van der Waals surface area contributed by atoms with E-state index in [9.17, 15) is 9.50 Å². The van der Waals surface area contributed by atoms with E-state index in [0.717, 1.165) is 45.2 Å². The largest absolute Gasteiger partial charge is 0.390 e. The molecule has 0 atom stereocenters. The molecule has 0 saturated heterocycles. The van der Waals surface area contributed by atoms with Crippen molar-refractivity contribution >= 4 is 0 Å². The lowest BCUT2D eigenvalue weighted by atomic mass is 9.78. The third-order valence-corrected chi connectivity index (χ3v) is 3.36. The van der Waals surface area contributed by atoms with Crippen LogP contribution in [0.4, 0.5) is 4.39 Å². The molecule has 3 heteroatoms. The molecular formula is C11H18FNO. The first-order valence-electron chi connectivity index (χ1n) is 5.47. The molecule has 2 nitrogen and oxygen atoms in total. The highest BCUT2D eigenvalue weighted by Crippen LogP contribution is 2.34. The fourth-order valence-corrected chi connectivity index (χ4v) is 2.15. The van der Waals surface area contributed by atoms with Gasteiger partial charge in [-0.25, -0.2) is 4.39 Å². The molecule has 0 radical (unpaired) electrons. The zero-order valence-corrected chi connectivity index (χ0v) is 8.51. The normalized spacial score (nSPS) is 26.9. The summed E-state index contributed by atoms with van der Waals surface area (Å²) in [7, 11) is 0. The zero-order valence-electron chi connectivity index (χ0n) is 8.51. The van der Waals surface area contributed by atoms with Crippen molar-refractivity contribution in [3.63, 3.8) is 0 Å². The summed E-state index contributed by atoms with van der Waals surface area (Å²) in [5.74, 6) is -0.0168. The van der Waals surface area contributed by atoms with E-state index in [0.29, 0.717) is 6.54 Å². The van der Waals surface area contributed by atoms with Crippen molar-refractivity contribution in [3.8, 4) is 0 Å². The van der Waals surface area contributed by atoms with Crippen LogP contribution in [0.2, 0.25) is 0 Å². The molecule has 2 rings (SSSR count). The van der Waals surface area contributed by atoms with Crippen LogP contribution in [0.15, 0.2) is 11.9 Å². The number of hydrogen-bond acceptors (Lipinski definition) is 2. The number of halogens is 1. The molecule has 1 N–H and O–H groups in total. The Bertz CT molecular complexity index is 235. The van der Waals surface area contributed by atoms with Gasteiger partial charge in [-0.05, 0) is 32.1 Å². The molecule has 0 spiro atoms. The van der Waals surface area contributed by atoms with Crippen molar-refractivity contribution in [3.05, 3.63) is 11.9 Å². The van der Waals surface area contributed by atoms with Gasteiger partial charge in [0.15, 0.2) is 0 Å². The SMILES string of the molecule is OC1(CCN2CCC=C(F)C2)CCC1. The van der Waals surface area contributed by atoms with Gasteiger partial charge in [-0.2, -0.15) is 0 Å². The van der Waals surface area contributed by atoms with Crippen LogP contribution < -0.4 is 0 Å². The zero-order chi connectivity index (χ0) is 10.0. The van der Waals surface area contributed by atoms with Crippen LogP contribution in [0.3, 0.4) is 0 Å². The Balaban J connectivity index is 1.73. The molecule has 0 bridgehead atoms. The molecule has 2 aliphatic rings. The molecular weight excluding hydrogens is 181 g/mol. The van der Waals surface area contributed by atoms with E-state index in [2.05, 4.69) is 4.90 Å². The van der Waals surface area contributed by atoms with E-state index in [1.54, 1.807) is 6.08 Å². The topological polar surface area (TPSA) is 23.5 Å². The predicted molar refractivity (Wildman–Crippen MR) is 53.7 cm³/mol. The third kappa shape index (κ3) is 2.34. The molecule has 0 aromatic heterocycles. The minimum absolute atomic E-state index is 0.0168. The van der Waals surface area contributed by atoms with E-state index < -0.39 is 5.60 Å². The summed E-state index contributed by atoms with van der Waals surface area (Å²) in [5.41, 5.74) is -0.419. The smallest absolute Gasteiger partial charge is 0.110 e. The van der Waals surface area contributed by atoms with Crippen LogP contribution >= 0.6 is 0 Å². The molecule has 1 aliphatic heterocycles. The average Bonchev–Trinajstić information content (AvgIpc) is 2.12. The monoisotopic (exact) mass is 199 g/mol. The summed E-state index contributed by atoms with van der Waals surface area (Å²) in [6.07, 6.45) is 6.28. The molecule has 1 heterocycles. The first-order valence-corrected chi connectivity index (χ1v) is 5.47. The van der Waals surface area contributed by atoms with Crippen LogP contribution in [0.25, 0.3) is 0 Å². The Labute approximate surface area is 84.4 Å². The second-order valence-electron chi connectivity index (χ2n) is 4.54. The highest BCUT2D eigenvalue weighted by Gasteiger charge is 2.34. The molecule has 1 saturated carbocycles. The Morgan fingerprint density at radius 1 is 1.50 bits per heavy atom. The van der Waals surface area contributed by atoms with Crippen molar-refractivity contribution in [1.29, 1.82) is 0 Å². The summed E-state index contributed by atoms with van der Waals surface area (Å²) in [5, 5.41) is 9.87. The van der Waals surface area contributed by atoms with Gasteiger partial charge in [0.1, 0.15) is 5.83 Å². The minimum atomic E-state index is -0.419. The number of aliphatic hydroxyl groups is 1. The van der Waals surface area contributed by atoms with Crippen molar-refractivity contribution in [2.24, 2.45) is 0 Å². The number of nitrogens with zero attached hydrogens (tertiary/aromatic N) is 1. The summed E-state index contributed by atoms with van der Waals surface area (Å²) >= 11 is 0. The number of hydrogen-bond donors (Lipinski definition) is 1.